The van der Waals surface area contributed by atoms with Gasteiger partial charge in [0.15, 0.2) is 5.79 Å². The van der Waals surface area contributed by atoms with Crippen molar-refractivity contribution in [1.82, 2.24) is 0 Å². The Labute approximate surface area is 205 Å². The van der Waals surface area contributed by atoms with Gasteiger partial charge in [-0.05, 0) is 111 Å². The van der Waals surface area contributed by atoms with Gasteiger partial charge < -0.3 is 14.2 Å². The zero-order valence-electron chi connectivity index (χ0n) is 21.3. The number of carbonyl (C=O) groups is 1. The summed E-state index contributed by atoms with van der Waals surface area (Å²) in [6.45, 7) is 8.85. The summed E-state index contributed by atoms with van der Waals surface area (Å²) in [6.07, 6.45) is 11.2. The van der Waals surface area contributed by atoms with Crippen LogP contribution >= 0.6 is 0 Å². The van der Waals surface area contributed by atoms with Crippen LogP contribution in [0.15, 0.2) is 30.3 Å². The number of ether oxygens (including phenoxy) is 3. The fourth-order valence-corrected chi connectivity index (χ4v) is 9.71. The first-order valence-electron chi connectivity index (χ1n) is 13.9. The van der Waals surface area contributed by atoms with Crippen LogP contribution in [0.1, 0.15) is 88.9 Å². The topological polar surface area (TPSA) is 44.8 Å². The molecule has 1 heterocycles. The fraction of sp³-hybridized carbons (Fsp3) is 0.767. The van der Waals surface area contributed by atoms with Crippen LogP contribution in [0.4, 0.5) is 0 Å². The van der Waals surface area contributed by atoms with E-state index in [0.29, 0.717) is 28.2 Å². The van der Waals surface area contributed by atoms with Crippen molar-refractivity contribution in [3.8, 4) is 0 Å². The number of hydrogen-bond donors (Lipinski definition) is 0. The average molecular weight is 467 g/mol. The second-order valence-corrected chi connectivity index (χ2v) is 12.7. The molecule has 1 aromatic carbocycles. The molecule has 3 unspecified atom stereocenters. The molecule has 4 nitrogen and oxygen atoms in total. The lowest BCUT2D eigenvalue weighted by Gasteiger charge is -2.61. The Morgan fingerprint density at radius 3 is 2.32 bits per heavy atom. The minimum absolute atomic E-state index is 0.0728. The van der Waals surface area contributed by atoms with Crippen LogP contribution in [0.3, 0.4) is 0 Å². The monoisotopic (exact) mass is 466 g/mol. The lowest BCUT2D eigenvalue weighted by Crippen LogP contribution is -2.55. The molecule has 34 heavy (non-hydrogen) atoms. The smallest absolute Gasteiger partial charge is 0.338 e. The van der Waals surface area contributed by atoms with E-state index in [1.165, 1.54) is 44.9 Å². The van der Waals surface area contributed by atoms with Crippen molar-refractivity contribution >= 4 is 5.97 Å². The van der Waals surface area contributed by atoms with Crippen LogP contribution < -0.4 is 0 Å². The molecule has 5 aliphatic rings. The molecule has 5 fully saturated rings. The lowest BCUT2D eigenvalue weighted by atomic mass is 9.44. The third-order valence-electron chi connectivity index (χ3n) is 11.4. The highest BCUT2D eigenvalue weighted by Crippen LogP contribution is 2.69. The van der Waals surface area contributed by atoms with Crippen molar-refractivity contribution in [1.29, 1.82) is 0 Å². The Morgan fingerprint density at radius 1 is 0.853 bits per heavy atom. The highest BCUT2D eigenvalue weighted by molar-refractivity contribution is 5.89. The molecule has 6 rings (SSSR count). The maximum Gasteiger partial charge on any atom is 0.338 e. The predicted octanol–water partition coefficient (Wildman–Crippen LogP) is 6.63. The molecule has 4 saturated carbocycles. The summed E-state index contributed by atoms with van der Waals surface area (Å²) in [5.41, 5.74) is 1.40. The fourth-order valence-electron chi connectivity index (χ4n) is 9.71. The Kier molecular flexibility index (Phi) is 5.65. The van der Waals surface area contributed by atoms with E-state index in [-0.39, 0.29) is 17.9 Å². The summed E-state index contributed by atoms with van der Waals surface area (Å²) < 4.78 is 18.4. The Morgan fingerprint density at radius 2 is 1.56 bits per heavy atom. The van der Waals surface area contributed by atoms with Crippen molar-refractivity contribution < 1.29 is 19.0 Å². The predicted molar refractivity (Wildman–Crippen MR) is 131 cm³/mol. The normalized spacial score (nSPS) is 45.1. The van der Waals surface area contributed by atoms with E-state index in [0.717, 1.165) is 43.8 Å². The second kappa shape index (κ2) is 8.34. The molecule has 0 aromatic heterocycles. The van der Waals surface area contributed by atoms with Gasteiger partial charge in [-0.25, -0.2) is 4.79 Å². The number of hydrogen-bond acceptors (Lipinski definition) is 4. The van der Waals surface area contributed by atoms with E-state index in [9.17, 15) is 4.79 Å². The highest BCUT2D eigenvalue weighted by Gasteiger charge is 2.63. The van der Waals surface area contributed by atoms with Crippen LogP contribution in [0.5, 0.6) is 0 Å². The molecule has 0 radical (unpaired) electrons. The molecule has 0 amide bonds. The zero-order valence-corrected chi connectivity index (χ0v) is 21.3. The minimum atomic E-state index is -0.377. The summed E-state index contributed by atoms with van der Waals surface area (Å²) in [7, 11) is 0. The van der Waals surface area contributed by atoms with Gasteiger partial charge in [0.2, 0.25) is 0 Å². The van der Waals surface area contributed by atoms with E-state index < -0.39 is 0 Å². The number of benzene rings is 1. The second-order valence-electron chi connectivity index (χ2n) is 12.7. The van der Waals surface area contributed by atoms with Crippen LogP contribution in [0.25, 0.3) is 0 Å². The van der Waals surface area contributed by atoms with Gasteiger partial charge in [0, 0.05) is 5.92 Å². The summed E-state index contributed by atoms with van der Waals surface area (Å²) >= 11 is 0. The molecule has 1 saturated heterocycles. The van der Waals surface area contributed by atoms with Gasteiger partial charge in [-0.3, -0.25) is 0 Å². The van der Waals surface area contributed by atoms with Gasteiger partial charge in [0.1, 0.15) is 6.10 Å². The van der Waals surface area contributed by atoms with Gasteiger partial charge in [0.05, 0.1) is 18.8 Å². The maximum atomic E-state index is 12.7. The molecule has 0 N–H and O–H groups in total. The number of carbonyl (C=O) groups excluding carboxylic acids is 1. The van der Waals surface area contributed by atoms with Crippen LogP contribution in [0.2, 0.25) is 0 Å². The maximum absolute atomic E-state index is 12.7. The number of esters is 1. The van der Waals surface area contributed by atoms with Crippen molar-refractivity contribution in [2.45, 2.75) is 90.4 Å². The zero-order chi connectivity index (χ0) is 23.6. The summed E-state index contributed by atoms with van der Waals surface area (Å²) in [5.74, 6) is 3.11. The van der Waals surface area contributed by atoms with Gasteiger partial charge in [0.25, 0.3) is 0 Å². The van der Waals surface area contributed by atoms with E-state index >= 15 is 0 Å². The first-order chi connectivity index (χ1) is 16.3. The van der Waals surface area contributed by atoms with Gasteiger partial charge in [-0.1, -0.05) is 32.0 Å². The third-order valence-corrected chi connectivity index (χ3v) is 11.4. The van der Waals surface area contributed by atoms with Crippen molar-refractivity contribution in [3.63, 3.8) is 0 Å². The van der Waals surface area contributed by atoms with Gasteiger partial charge in [-0.15, -0.1) is 0 Å². The molecule has 0 spiro atoms. The molecule has 1 aromatic rings. The molecule has 8 atom stereocenters. The molecule has 1 aliphatic heterocycles. The Bertz CT molecular complexity index is 908. The molecular weight excluding hydrogens is 424 g/mol. The number of rotatable bonds is 3. The minimum Gasteiger partial charge on any atom is -0.459 e. The van der Waals surface area contributed by atoms with Crippen LogP contribution in [0, 0.1) is 40.4 Å². The number of fused-ring (bicyclic) bond motifs is 5. The quantitative estimate of drug-likeness (QED) is 0.469. The van der Waals surface area contributed by atoms with Gasteiger partial charge in [-0.2, -0.15) is 0 Å². The summed E-state index contributed by atoms with van der Waals surface area (Å²) in [5, 5.41) is 0. The van der Waals surface area contributed by atoms with Crippen LogP contribution in [-0.4, -0.2) is 31.1 Å². The van der Waals surface area contributed by atoms with Gasteiger partial charge >= 0.3 is 5.97 Å². The van der Waals surface area contributed by atoms with Crippen molar-refractivity contribution in [3.05, 3.63) is 35.9 Å². The highest BCUT2D eigenvalue weighted by atomic mass is 16.7. The SMILES string of the molecule is CC1([C@H]2CCC3C4CC[C@H]5C[C@H](OC(=O)c6ccccc6)CC[C@]5(C)C4CC[C@@]32C)OCCO1. The molecule has 4 heteroatoms. The molecular formula is C30H42O4. The van der Waals surface area contributed by atoms with E-state index in [1.807, 2.05) is 30.3 Å². The van der Waals surface area contributed by atoms with Crippen molar-refractivity contribution in [2.75, 3.05) is 13.2 Å². The van der Waals surface area contributed by atoms with E-state index in [2.05, 4.69) is 20.8 Å². The Hall–Kier alpha value is -1.39. The lowest BCUT2D eigenvalue weighted by molar-refractivity contribution is -0.218. The summed E-state index contributed by atoms with van der Waals surface area (Å²) in [4.78, 5) is 12.7. The van der Waals surface area contributed by atoms with E-state index in [4.69, 9.17) is 14.2 Å². The van der Waals surface area contributed by atoms with E-state index in [1.54, 1.807) is 0 Å². The standard InChI is InChI=1S/C30H42O4/c1-28-15-13-22(34-27(31)20-7-5-4-6-8-20)19-21(28)9-10-23-24-11-12-26(30(3)32-17-18-33-30)29(24,2)16-14-25(23)28/h4-8,21-26H,9-19H2,1-3H3/t21-,22+,23?,24?,25?,26-,28-,29-/m0/s1. The third kappa shape index (κ3) is 3.50. The first-order valence-corrected chi connectivity index (χ1v) is 13.9. The molecule has 0 bridgehead atoms. The Balaban J connectivity index is 1.15. The average Bonchev–Trinajstić information content (AvgIpc) is 3.43. The molecule has 186 valence electrons. The van der Waals surface area contributed by atoms with Crippen LogP contribution in [-0.2, 0) is 14.2 Å². The first kappa shape index (κ1) is 23.0. The summed E-state index contributed by atoms with van der Waals surface area (Å²) in [6, 6.07) is 9.47. The largest absolute Gasteiger partial charge is 0.459 e. The van der Waals surface area contributed by atoms with Crippen molar-refractivity contribution in [2.24, 2.45) is 40.4 Å². The molecule has 4 aliphatic carbocycles.